The SMILES string of the molecule is COc1cc(CCNC(=O)/C=C/c2ccccc2C)ccc1OC(F)F. The van der Waals surface area contributed by atoms with Gasteiger partial charge in [0, 0.05) is 12.6 Å². The molecule has 0 saturated heterocycles. The van der Waals surface area contributed by atoms with Crippen LogP contribution in [0, 0.1) is 6.92 Å². The third-order valence-electron chi connectivity index (χ3n) is 3.76. The molecule has 2 rings (SSSR count). The standard InChI is InChI=1S/C20H21F2NO3/c1-14-5-3-4-6-16(14)8-10-19(24)23-12-11-15-7-9-17(26-20(21)22)18(13-15)25-2/h3-10,13,20H,11-12H2,1-2H3,(H,23,24)/b10-8+. The van der Waals surface area contributed by atoms with E-state index in [-0.39, 0.29) is 17.4 Å². The summed E-state index contributed by atoms with van der Waals surface area (Å²) in [5.74, 6) is 0.0166. The maximum Gasteiger partial charge on any atom is 0.387 e. The van der Waals surface area contributed by atoms with Crippen LogP contribution in [0.25, 0.3) is 6.08 Å². The average molecular weight is 361 g/mol. The van der Waals surface area contributed by atoms with Gasteiger partial charge in [0.15, 0.2) is 11.5 Å². The molecule has 0 spiro atoms. The van der Waals surface area contributed by atoms with Gasteiger partial charge in [-0.3, -0.25) is 4.79 Å². The van der Waals surface area contributed by atoms with E-state index in [0.29, 0.717) is 13.0 Å². The van der Waals surface area contributed by atoms with Crippen molar-refractivity contribution in [1.82, 2.24) is 5.32 Å². The van der Waals surface area contributed by atoms with Crippen molar-refractivity contribution in [2.24, 2.45) is 0 Å². The van der Waals surface area contributed by atoms with Crippen LogP contribution in [0.3, 0.4) is 0 Å². The topological polar surface area (TPSA) is 47.6 Å². The summed E-state index contributed by atoms with van der Waals surface area (Å²) < 4.78 is 34.1. The highest BCUT2D eigenvalue weighted by molar-refractivity contribution is 5.91. The molecule has 0 atom stereocenters. The number of aryl methyl sites for hydroxylation is 1. The number of amides is 1. The lowest BCUT2D eigenvalue weighted by Crippen LogP contribution is -2.23. The van der Waals surface area contributed by atoms with Gasteiger partial charge in [0.2, 0.25) is 5.91 Å². The lowest BCUT2D eigenvalue weighted by Gasteiger charge is -2.11. The predicted octanol–water partition coefficient (Wildman–Crippen LogP) is 3.98. The van der Waals surface area contributed by atoms with E-state index in [2.05, 4.69) is 10.1 Å². The molecule has 1 N–H and O–H groups in total. The zero-order valence-corrected chi connectivity index (χ0v) is 14.7. The van der Waals surface area contributed by atoms with E-state index in [1.165, 1.54) is 19.3 Å². The van der Waals surface area contributed by atoms with Gasteiger partial charge in [0.05, 0.1) is 7.11 Å². The average Bonchev–Trinajstić information content (AvgIpc) is 2.61. The Morgan fingerprint density at radius 1 is 1.19 bits per heavy atom. The molecule has 138 valence electrons. The minimum atomic E-state index is -2.91. The lowest BCUT2D eigenvalue weighted by atomic mass is 10.1. The van der Waals surface area contributed by atoms with Crippen molar-refractivity contribution >= 4 is 12.0 Å². The number of nitrogens with one attached hydrogen (secondary N) is 1. The third kappa shape index (κ3) is 5.88. The summed E-state index contributed by atoms with van der Waals surface area (Å²) in [6, 6.07) is 12.5. The molecule has 1 amide bonds. The van der Waals surface area contributed by atoms with Crippen molar-refractivity contribution in [2.45, 2.75) is 20.0 Å². The van der Waals surface area contributed by atoms with Gasteiger partial charge in [0.25, 0.3) is 0 Å². The van der Waals surface area contributed by atoms with Crippen LogP contribution < -0.4 is 14.8 Å². The Bertz CT molecular complexity index is 775. The molecule has 0 aliphatic rings. The zero-order valence-electron chi connectivity index (χ0n) is 14.7. The van der Waals surface area contributed by atoms with Crippen LogP contribution in [-0.2, 0) is 11.2 Å². The summed E-state index contributed by atoms with van der Waals surface area (Å²) >= 11 is 0. The van der Waals surface area contributed by atoms with E-state index < -0.39 is 6.61 Å². The molecule has 0 aromatic heterocycles. The van der Waals surface area contributed by atoms with Gasteiger partial charge in [0.1, 0.15) is 0 Å². The first-order valence-corrected chi connectivity index (χ1v) is 8.13. The van der Waals surface area contributed by atoms with Crippen LogP contribution in [-0.4, -0.2) is 26.2 Å². The molecule has 0 aliphatic carbocycles. The van der Waals surface area contributed by atoms with E-state index in [1.807, 2.05) is 31.2 Å². The second kappa shape index (κ2) is 9.56. The molecule has 2 aromatic carbocycles. The van der Waals surface area contributed by atoms with Gasteiger partial charge in [-0.2, -0.15) is 8.78 Å². The Morgan fingerprint density at radius 2 is 1.96 bits per heavy atom. The van der Waals surface area contributed by atoms with E-state index in [4.69, 9.17) is 4.74 Å². The highest BCUT2D eigenvalue weighted by Gasteiger charge is 2.11. The van der Waals surface area contributed by atoms with Crippen molar-refractivity contribution in [1.29, 1.82) is 0 Å². The lowest BCUT2D eigenvalue weighted by molar-refractivity contribution is -0.116. The Labute approximate surface area is 151 Å². The maximum atomic E-state index is 12.3. The molecule has 4 nitrogen and oxygen atoms in total. The van der Waals surface area contributed by atoms with Crippen molar-refractivity contribution in [3.63, 3.8) is 0 Å². The number of rotatable bonds is 8. The maximum absolute atomic E-state index is 12.3. The molecule has 0 bridgehead atoms. The predicted molar refractivity (Wildman–Crippen MR) is 96.6 cm³/mol. The number of benzene rings is 2. The van der Waals surface area contributed by atoms with Crippen LogP contribution in [0.2, 0.25) is 0 Å². The molecular formula is C20H21F2NO3. The van der Waals surface area contributed by atoms with Crippen molar-refractivity contribution in [2.75, 3.05) is 13.7 Å². The molecule has 0 fully saturated rings. The van der Waals surface area contributed by atoms with Crippen LogP contribution >= 0.6 is 0 Å². The smallest absolute Gasteiger partial charge is 0.387 e. The Hall–Kier alpha value is -2.89. The molecule has 0 saturated carbocycles. The first-order valence-electron chi connectivity index (χ1n) is 8.13. The van der Waals surface area contributed by atoms with Crippen molar-refractivity contribution in [3.05, 3.63) is 65.2 Å². The second-order valence-corrected chi connectivity index (χ2v) is 5.59. The first kappa shape index (κ1) is 19.4. The largest absolute Gasteiger partial charge is 0.493 e. The number of alkyl halides is 2. The van der Waals surface area contributed by atoms with Crippen LogP contribution in [0.4, 0.5) is 8.78 Å². The van der Waals surface area contributed by atoms with Gasteiger partial charge >= 0.3 is 6.61 Å². The summed E-state index contributed by atoms with van der Waals surface area (Å²) in [5, 5.41) is 2.79. The molecule has 0 aliphatic heterocycles. The number of hydrogen-bond donors (Lipinski definition) is 1. The van der Waals surface area contributed by atoms with Crippen LogP contribution in [0.15, 0.2) is 48.5 Å². The molecule has 6 heteroatoms. The highest BCUT2D eigenvalue weighted by atomic mass is 19.3. The third-order valence-corrected chi connectivity index (χ3v) is 3.76. The van der Waals surface area contributed by atoms with E-state index in [1.54, 1.807) is 18.2 Å². The molecule has 0 heterocycles. The quantitative estimate of drug-likeness (QED) is 0.724. The number of carbonyl (C=O) groups excluding carboxylic acids is 1. The van der Waals surface area contributed by atoms with E-state index in [0.717, 1.165) is 16.7 Å². The van der Waals surface area contributed by atoms with Crippen molar-refractivity contribution < 1.29 is 23.0 Å². The summed E-state index contributed by atoms with van der Waals surface area (Å²) in [6.07, 6.45) is 3.79. The van der Waals surface area contributed by atoms with Crippen molar-refractivity contribution in [3.8, 4) is 11.5 Å². The summed E-state index contributed by atoms with van der Waals surface area (Å²) in [5.41, 5.74) is 2.92. The van der Waals surface area contributed by atoms with Gasteiger partial charge in [-0.25, -0.2) is 0 Å². The van der Waals surface area contributed by atoms with Crippen LogP contribution in [0.1, 0.15) is 16.7 Å². The number of hydrogen-bond acceptors (Lipinski definition) is 3. The molecule has 26 heavy (non-hydrogen) atoms. The summed E-state index contributed by atoms with van der Waals surface area (Å²) in [6.45, 7) is -0.518. The molecule has 0 radical (unpaired) electrons. The highest BCUT2D eigenvalue weighted by Crippen LogP contribution is 2.29. The Morgan fingerprint density at radius 3 is 2.65 bits per heavy atom. The zero-order chi connectivity index (χ0) is 18.9. The number of halogens is 2. The minimum absolute atomic E-state index is 0.0172. The van der Waals surface area contributed by atoms with Gasteiger partial charge in [-0.15, -0.1) is 0 Å². The summed E-state index contributed by atoms with van der Waals surface area (Å²) in [7, 11) is 1.38. The monoisotopic (exact) mass is 361 g/mol. The van der Waals surface area contributed by atoms with E-state index in [9.17, 15) is 13.6 Å². The molecule has 0 unspecified atom stereocenters. The normalized spacial score (nSPS) is 11.0. The number of methoxy groups -OCH3 is 1. The fourth-order valence-corrected chi connectivity index (χ4v) is 2.39. The Balaban J connectivity index is 1.87. The van der Waals surface area contributed by atoms with Gasteiger partial charge < -0.3 is 14.8 Å². The minimum Gasteiger partial charge on any atom is -0.493 e. The summed E-state index contributed by atoms with van der Waals surface area (Å²) in [4.78, 5) is 11.9. The second-order valence-electron chi connectivity index (χ2n) is 5.59. The Kier molecular flexibility index (Phi) is 7.14. The molecule has 2 aromatic rings. The van der Waals surface area contributed by atoms with Crippen LogP contribution in [0.5, 0.6) is 11.5 Å². The molecular weight excluding hydrogens is 340 g/mol. The van der Waals surface area contributed by atoms with Gasteiger partial charge in [-0.05, 0) is 48.2 Å². The number of ether oxygens (including phenoxy) is 2. The number of carbonyl (C=O) groups is 1. The fourth-order valence-electron chi connectivity index (χ4n) is 2.39. The first-order chi connectivity index (χ1) is 12.5. The van der Waals surface area contributed by atoms with E-state index >= 15 is 0 Å². The fraction of sp³-hybridized carbons (Fsp3) is 0.250. The van der Waals surface area contributed by atoms with Gasteiger partial charge in [-0.1, -0.05) is 30.3 Å².